The molecule has 0 spiro atoms. The summed E-state index contributed by atoms with van der Waals surface area (Å²) in [6, 6.07) is 6.84. The summed E-state index contributed by atoms with van der Waals surface area (Å²) in [4.78, 5) is 0. The lowest BCUT2D eigenvalue weighted by atomic mass is 9.78. The van der Waals surface area contributed by atoms with Gasteiger partial charge in [-0.15, -0.1) is 0 Å². The Labute approximate surface area is 97.4 Å². The van der Waals surface area contributed by atoms with Gasteiger partial charge >= 0.3 is 0 Å². The average molecular weight is 216 g/mol. The van der Waals surface area contributed by atoms with Crippen LogP contribution >= 0.6 is 0 Å². The minimum Gasteiger partial charge on any atom is -0.384 e. The minimum atomic E-state index is 0.409. The standard InChI is InChI=1S/C14H20N2/c1-14(6-2-7-14)16-10-11-3-4-12-5-8-15-13(12)9-11/h3-4,9,15-16H,2,5-8,10H2,1H3. The molecule has 1 aliphatic carbocycles. The first-order chi connectivity index (χ1) is 7.75. The van der Waals surface area contributed by atoms with Crippen LogP contribution in [-0.4, -0.2) is 12.1 Å². The van der Waals surface area contributed by atoms with Gasteiger partial charge in [0, 0.05) is 24.3 Å². The Hall–Kier alpha value is -1.02. The number of rotatable bonds is 3. The summed E-state index contributed by atoms with van der Waals surface area (Å²) >= 11 is 0. The van der Waals surface area contributed by atoms with Crippen LogP contribution in [0.2, 0.25) is 0 Å². The van der Waals surface area contributed by atoms with Crippen molar-refractivity contribution < 1.29 is 0 Å². The highest BCUT2D eigenvalue weighted by atomic mass is 15.0. The van der Waals surface area contributed by atoms with Crippen molar-refractivity contribution in [1.29, 1.82) is 0 Å². The second-order valence-corrected chi connectivity index (χ2v) is 5.44. The number of hydrogen-bond acceptors (Lipinski definition) is 2. The van der Waals surface area contributed by atoms with Crippen LogP contribution < -0.4 is 10.6 Å². The molecular formula is C14H20N2. The van der Waals surface area contributed by atoms with Crippen molar-refractivity contribution in [2.75, 3.05) is 11.9 Å². The van der Waals surface area contributed by atoms with Gasteiger partial charge in [0.1, 0.15) is 0 Å². The molecule has 0 saturated heterocycles. The van der Waals surface area contributed by atoms with E-state index in [4.69, 9.17) is 0 Å². The predicted molar refractivity (Wildman–Crippen MR) is 67.7 cm³/mol. The topological polar surface area (TPSA) is 24.1 Å². The molecule has 2 heteroatoms. The third-order valence-electron chi connectivity index (χ3n) is 4.06. The fourth-order valence-corrected chi connectivity index (χ4v) is 2.65. The molecule has 86 valence electrons. The molecule has 1 saturated carbocycles. The van der Waals surface area contributed by atoms with Crippen molar-refractivity contribution in [1.82, 2.24) is 5.32 Å². The van der Waals surface area contributed by atoms with Gasteiger partial charge in [-0.3, -0.25) is 0 Å². The Balaban J connectivity index is 1.66. The van der Waals surface area contributed by atoms with Gasteiger partial charge in [0.15, 0.2) is 0 Å². The highest BCUT2D eigenvalue weighted by molar-refractivity contribution is 5.57. The van der Waals surface area contributed by atoms with Gasteiger partial charge in [0.05, 0.1) is 0 Å². The Morgan fingerprint density at radius 2 is 2.25 bits per heavy atom. The van der Waals surface area contributed by atoms with Crippen molar-refractivity contribution in [2.24, 2.45) is 0 Å². The fourth-order valence-electron chi connectivity index (χ4n) is 2.65. The van der Waals surface area contributed by atoms with Gasteiger partial charge in [-0.05, 0) is 49.8 Å². The smallest absolute Gasteiger partial charge is 0.0376 e. The Morgan fingerprint density at radius 1 is 1.38 bits per heavy atom. The number of anilines is 1. The van der Waals surface area contributed by atoms with E-state index in [1.54, 1.807) is 0 Å². The molecule has 0 radical (unpaired) electrons. The van der Waals surface area contributed by atoms with Gasteiger partial charge in [-0.2, -0.15) is 0 Å². The summed E-state index contributed by atoms with van der Waals surface area (Å²) in [7, 11) is 0. The summed E-state index contributed by atoms with van der Waals surface area (Å²) in [6.45, 7) is 4.44. The second-order valence-electron chi connectivity index (χ2n) is 5.44. The first kappa shape index (κ1) is 10.2. The zero-order chi connectivity index (χ0) is 11.0. The van der Waals surface area contributed by atoms with E-state index in [1.165, 1.54) is 42.5 Å². The van der Waals surface area contributed by atoms with Crippen LogP contribution in [0, 0.1) is 0 Å². The zero-order valence-corrected chi connectivity index (χ0v) is 9.97. The Morgan fingerprint density at radius 3 is 3.00 bits per heavy atom. The Kier molecular flexibility index (Phi) is 2.40. The molecule has 1 aromatic rings. The van der Waals surface area contributed by atoms with E-state index in [0.29, 0.717) is 5.54 Å². The van der Waals surface area contributed by atoms with E-state index in [9.17, 15) is 0 Å². The van der Waals surface area contributed by atoms with Crippen LogP contribution in [0.5, 0.6) is 0 Å². The fraction of sp³-hybridized carbons (Fsp3) is 0.571. The van der Waals surface area contributed by atoms with E-state index in [1.807, 2.05) is 0 Å². The molecule has 0 amide bonds. The van der Waals surface area contributed by atoms with Gasteiger partial charge < -0.3 is 10.6 Å². The largest absolute Gasteiger partial charge is 0.384 e. The van der Waals surface area contributed by atoms with Crippen LogP contribution in [0.4, 0.5) is 5.69 Å². The van der Waals surface area contributed by atoms with E-state index >= 15 is 0 Å². The molecule has 3 rings (SSSR count). The van der Waals surface area contributed by atoms with E-state index in [2.05, 4.69) is 35.8 Å². The van der Waals surface area contributed by atoms with Crippen molar-refractivity contribution >= 4 is 5.69 Å². The Bertz CT molecular complexity index is 394. The maximum Gasteiger partial charge on any atom is 0.0376 e. The van der Waals surface area contributed by atoms with E-state index in [-0.39, 0.29) is 0 Å². The molecular weight excluding hydrogens is 196 g/mol. The summed E-state index contributed by atoms with van der Waals surface area (Å²) in [5.74, 6) is 0. The quantitative estimate of drug-likeness (QED) is 0.811. The van der Waals surface area contributed by atoms with Crippen molar-refractivity contribution in [2.45, 2.75) is 44.7 Å². The highest BCUT2D eigenvalue weighted by Crippen LogP contribution is 2.31. The molecule has 2 N–H and O–H groups in total. The molecule has 2 nitrogen and oxygen atoms in total. The molecule has 0 atom stereocenters. The number of hydrogen-bond donors (Lipinski definition) is 2. The number of benzene rings is 1. The minimum absolute atomic E-state index is 0.409. The number of fused-ring (bicyclic) bond motifs is 1. The third kappa shape index (κ3) is 1.82. The van der Waals surface area contributed by atoms with Gasteiger partial charge in [0.2, 0.25) is 0 Å². The number of nitrogens with one attached hydrogen (secondary N) is 2. The summed E-state index contributed by atoms with van der Waals surface area (Å²) in [5.41, 5.74) is 4.63. The van der Waals surface area contributed by atoms with Crippen LogP contribution in [0.3, 0.4) is 0 Å². The SMILES string of the molecule is CC1(NCc2ccc3c(c2)NCC3)CCC1. The second kappa shape index (κ2) is 3.77. The maximum atomic E-state index is 3.68. The molecule has 0 aromatic heterocycles. The summed E-state index contributed by atoms with van der Waals surface area (Å²) in [6.07, 6.45) is 5.22. The summed E-state index contributed by atoms with van der Waals surface area (Å²) in [5, 5.41) is 7.11. The van der Waals surface area contributed by atoms with Gasteiger partial charge in [0.25, 0.3) is 0 Å². The monoisotopic (exact) mass is 216 g/mol. The molecule has 1 aromatic carbocycles. The molecule has 16 heavy (non-hydrogen) atoms. The van der Waals surface area contributed by atoms with Crippen molar-refractivity contribution in [3.8, 4) is 0 Å². The molecule has 2 aliphatic rings. The third-order valence-corrected chi connectivity index (χ3v) is 4.06. The van der Waals surface area contributed by atoms with Crippen molar-refractivity contribution in [3.05, 3.63) is 29.3 Å². The average Bonchev–Trinajstić information content (AvgIpc) is 2.70. The normalized spacial score (nSPS) is 21.1. The van der Waals surface area contributed by atoms with Gasteiger partial charge in [-0.1, -0.05) is 12.1 Å². The highest BCUT2D eigenvalue weighted by Gasteiger charge is 2.30. The van der Waals surface area contributed by atoms with Crippen LogP contribution in [0.25, 0.3) is 0 Å². The first-order valence-corrected chi connectivity index (χ1v) is 6.36. The molecule has 0 unspecified atom stereocenters. The lowest BCUT2D eigenvalue weighted by molar-refractivity contribution is 0.207. The lowest BCUT2D eigenvalue weighted by Gasteiger charge is -2.39. The lowest BCUT2D eigenvalue weighted by Crippen LogP contribution is -2.47. The van der Waals surface area contributed by atoms with E-state index < -0.39 is 0 Å². The first-order valence-electron chi connectivity index (χ1n) is 6.36. The van der Waals surface area contributed by atoms with E-state index in [0.717, 1.165) is 13.1 Å². The molecule has 1 aliphatic heterocycles. The van der Waals surface area contributed by atoms with Gasteiger partial charge in [-0.25, -0.2) is 0 Å². The van der Waals surface area contributed by atoms with Crippen LogP contribution in [0.1, 0.15) is 37.3 Å². The molecule has 0 bridgehead atoms. The molecule has 1 fully saturated rings. The van der Waals surface area contributed by atoms with Crippen LogP contribution in [-0.2, 0) is 13.0 Å². The summed E-state index contributed by atoms with van der Waals surface area (Å²) < 4.78 is 0. The van der Waals surface area contributed by atoms with Crippen molar-refractivity contribution in [3.63, 3.8) is 0 Å². The van der Waals surface area contributed by atoms with Crippen LogP contribution in [0.15, 0.2) is 18.2 Å². The zero-order valence-electron chi connectivity index (χ0n) is 9.97. The predicted octanol–water partition coefficient (Wildman–Crippen LogP) is 2.69. The molecule has 1 heterocycles. The maximum absolute atomic E-state index is 3.68.